The Balaban J connectivity index is 3.03. The maximum atomic E-state index is 10.5. The molecule has 2 nitrogen and oxygen atoms in total. The number of pyridine rings is 1. The minimum atomic E-state index is 0.549. The Hall–Kier alpha value is -0.830. The van der Waals surface area contributed by atoms with Gasteiger partial charge in [-0.25, -0.2) is 0 Å². The lowest BCUT2D eigenvalue weighted by atomic mass is 10.3. The molecule has 0 saturated carbocycles. The summed E-state index contributed by atoms with van der Waals surface area (Å²) in [4.78, 5) is 15.5. The molecule has 64 valence electrons. The van der Waals surface area contributed by atoms with Gasteiger partial charge in [-0.3, -0.25) is 9.78 Å². The summed E-state index contributed by atoms with van der Waals surface area (Å²) >= 11 is 1.65. The molecule has 12 heavy (non-hydrogen) atoms. The zero-order valence-electron chi connectivity index (χ0n) is 7.20. The van der Waals surface area contributed by atoms with Crippen molar-refractivity contribution in [1.29, 1.82) is 0 Å². The van der Waals surface area contributed by atoms with Crippen molar-refractivity contribution in [3.63, 3.8) is 0 Å². The largest absolute Gasteiger partial charge is 0.296 e. The van der Waals surface area contributed by atoms with Gasteiger partial charge < -0.3 is 0 Å². The van der Waals surface area contributed by atoms with E-state index in [1.54, 1.807) is 18.0 Å². The third kappa shape index (κ3) is 2.08. The smallest absolute Gasteiger partial charge is 0.169 e. The number of carbonyl (C=O) groups is 1. The normalized spacial score (nSPS) is 9.83. The molecule has 0 amide bonds. The lowest BCUT2D eigenvalue weighted by Crippen LogP contribution is -1.91. The van der Waals surface area contributed by atoms with E-state index in [1.807, 2.05) is 13.0 Å². The van der Waals surface area contributed by atoms with Crippen molar-refractivity contribution >= 4 is 18.0 Å². The van der Waals surface area contributed by atoms with Crippen molar-refractivity contribution in [2.45, 2.75) is 18.7 Å². The third-order valence-corrected chi connectivity index (χ3v) is 2.36. The Morgan fingerprint density at radius 3 is 3.00 bits per heavy atom. The number of hydrogen-bond donors (Lipinski definition) is 0. The zero-order valence-corrected chi connectivity index (χ0v) is 8.02. The molecule has 1 aromatic rings. The molecule has 0 bridgehead atoms. The second kappa shape index (κ2) is 4.26. The van der Waals surface area contributed by atoms with Crippen LogP contribution < -0.4 is 0 Å². The van der Waals surface area contributed by atoms with Gasteiger partial charge in [0.1, 0.15) is 5.69 Å². The van der Waals surface area contributed by atoms with Gasteiger partial charge in [0.25, 0.3) is 0 Å². The zero-order chi connectivity index (χ0) is 8.97. The second-order valence-electron chi connectivity index (χ2n) is 2.45. The topological polar surface area (TPSA) is 30.0 Å². The minimum absolute atomic E-state index is 0.549. The molecule has 0 radical (unpaired) electrons. The minimum Gasteiger partial charge on any atom is -0.296 e. The lowest BCUT2D eigenvalue weighted by Gasteiger charge is -2.01. The van der Waals surface area contributed by atoms with Gasteiger partial charge in [0, 0.05) is 11.1 Å². The van der Waals surface area contributed by atoms with Gasteiger partial charge >= 0.3 is 0 Å². The fourth-order valence-electron chi connectivity index (χ4n) is 0.913. The molecule has 0 spiro atoms. The lowest BCUT2D eigenvalue weighted by molar-refractivity contribution is 0.111. The first-order valence-corrected chi connectivity index (χ1v) is 4.81. The van der Waals surface area contributed by atoms with E-state index in [0.717, 1.165) is 22.5 Å². The van der Waals surface area contributed by atoms with E-state index in [9.17, 15) is 4.79 Å². The third-order valence-electron chi connectivity index (χ3n) is 1.43. The van der Waals surface area contributed by atoms with E-state index in [0.29, 0.717) is 5.69 Å². The summed E-state index contributed by atoms with van der Waals surface area (Å²) in [5.41, 5.74) is 1.64. The molecule has 0 aromatic carbocycles. The summed E-state index contributed by atoms with van der Waals surface area (Å²) in [6.07, 6.45) is 2.51. The van der Waals surface area contributed by atoms with E-state index in [1.165, 1.54) is 0 Å². The van der Waals surface area contributed by atoms with Crippen LogP contribution in [0.5, 0.6) is 0 Å². The molecule has 0 aliphatic rings. The summed E-state index contributed by atoms with van der Waals surface area (Å²) in [5.74, 6) is 0.964. The Kier molecular flexibility index (Phi) is 3.29. The van der Waals surface area contributed by atoms with Crippen LogP contribution in [0, 0.1) is 6.92 Å². The van der Waals surface area contributed by atoms with Gasteiger partial charge in [-0.05, 0) is 24.3 Å². The van der Waals surface area contributed by atoms with Crippen molar-refractivity contribution in [2.75, 3.05) is 5.75 Å². The second-order valence-corrected chi connectivity index (χ2v) is 3.75. The van der Waals surface area contributed by atoms with Crippen molar-refractivity contribution in [3.05, 3.63) is 23.5 Å². The highest BCUT2D eigenvalue weighted by molar-refractivity contribution is 7.99. The Bertz CT molecular complexity index is 286. The van der Waals surface area contributed by atoms with Crippen molar-refractivity contribution in [3.8, 4) is 0 Å². The molecule has 0 saturated heterocycles. The van der Waals surface area contributed by atoms with Gasteiger partial charge in [0.2, 0.25) is 0 Å². The highest BCUT2D eigenvalue weighted by atomic mass is 32.2. The Labute approximate surface area is 76.4 Å². The monoisotopic (exact) mass is 181 g/mol. The fourth-order valence-corrected chi connectivity index (χ4v) is 1.74. The average Bonchev–Trinajstić information content (AvgIpc) is 2.05. The van der Waals surface area contributed by atoms with Crippen LogP contribution >= 0.6 is 11.8 Å². The Morgan fingerprint density at radius 2 is 2.42 bits per heavy atom. The quantitative estimate of drug-likeness (QED) is 0.529. The highest BCUT2D eigenvalue weighted by Gasteiger charge is 2.01. The number of rotatable bonds is 3. The summed E-state index contributed by atoms with van der Waals surface area (Å²) in [6.45, 7) is 4.03. The van der Waals surface area contributed by atoms with Crippen LogP contribution in [-0.4, -0.2) is 17.0 Å². The number of aromatic nitrogens is 1. The summed E-state index contributed by atoms with van der Waals surface area (Å²) in [5, 5.41) is 0. The van der Waals surface area contributed by atoms with E-state index >= 15 is 0 Å². The van der Waals surface area contributed by atoms with E-state index in [-0.39, 0.29) is 0 Å². The molecule has 3 heteroatoms. The van der Waals surface area contributed by atoms with Crippen molar-refractivity contribution in [2.24, 2.45) is 0 Å². The van der Waals surface area contributed by atoms with Crippen LogP contribution in [-0.2, 0) is 0 Å². The number of aldehydes is 1. The van der Waals surface area contributed by atoms with Gasteiger partial charge in [-0.1, -0.05) is 6.92 Å². The van der Waals surface area contributed by atoms with Gasteiger partial charge in [-0.2, -0.15) is 0 Å². The maximum Gasteiger partial charge on any atom is 0.169 e. The number of nitrogens with zero attached hydrogens (tertiary/aromatic N) is 1. The average molecular weight is 181 g/mol. The van der Waals surface area contributed by atoms with E-state index in [4.69, 9.17) is 0 Å². The number of hydrogen-bond acceptors (Lipinski definition) is 3. The molecule has 0 aliphatic carbocycles. The van der Waals surface area contributed by atoms with Crippen molar-refractivity contribution < 1.29 is 4.79 Å². The number of carbonyl (C=O) groups excluding carboxylic acids is 1. The molecule has 0 atom stereocenters. The first kappa shape index (κ1) is 9.26. The predicted molar refractivity (Wildman–Crippen MR) is 50.8 cm³/mol. The maximum absolute atomic E-state index is 10.5. The molecular formula is C9H11NOS. The molecule has 1 heterocycles. The highest BCUT2D eigenvalue weighted by Crippen LogP contribution is 2.20. The Morgan fingerprint density at radius 1 is 1.67 bits per heavy atom. The van der Waals surface area contributed by atoms with Gasteiger partial charge in [0.05, 0.1) is 0 Å². The predicted octanol–water partition coefficient (Wildman–Crippen LogP) is 2.31. The molecule has 0 aliphatic heterocycles. The molecule has 1 rings (SSSR count). The first-order chi connectivity index (χ1) is 5.77. The fraction of sp³-hybridized carbons (Fsp3) is 0.333. The van der Waals surface area contributed by atoms with Gasteiger partial charge in [0.15, 0.2) is 6.29 Å². The molecular weight excluding hydrogens is 170 g/mol. The molecule has 1 aromatic heterocycles. The van der Waals surface area contributed by atoms with Crippen molar-refractivity contribution in [1.82, 2.24) is 4.98 Å². The van der Waals surface area contributed by atoms with Crippen LogP contribution in [0.15, 0.2) is 17.2 Å². The molecule has 0 unspecified atom stereocenters. The van der Waals surface area contributed by atoms with Crippen LogP contribution in [0.4, 0.5) is 0 Å². The molecule has 0 N–H and O–H groups in total. The summed E-state index contributed by atoms with van der Waals surface area (Å²) in [6, 6.07) is 1.99. The molecule has 0 fully saturated rings. The standard InChI is InChI=1S/C9H11NOS/c1-3-12-9-4-7(2)5-10-8(9)6-11/h4-6H,3H2,1-2H3. The van der Waals surface area contributed by atoms with E-state index < -0.39 is 0 Å². The van der Waals surface area contributed by atoms with Crippen LogP contribution in [0.2, 0.25) is 0 Å². The number of aryl methyl sites for hydroxylation is 1. The summed E-state index contributed by atoms with van der Waals surface area (Å²) in [7, 11) is 0. The van der Waals surface area contributed by atoms with Crippen LogP contribution in [0.3, 0.4) is 0 Å². The SMILES string of the molecule is CCSc1cc(C)cnc1C=O. The first-order valence-electron chi connectivity index (χ1n) is 3.82. The number of thioether (sulfide) groups is 1. The van der Waals surface area contributed by atoms with Crippen LogP contribution in [0.1, 0.15) is 23.0 Å². The van der Waals surface area contributed by atoms with Gasteiger partial charge in [-0.15, -0.1) is 11.8 Å². The van der Waals surface area contributed by atoms with E-state index in [2.05, 4.69) is 11.9 Å². The summed E-state index contributed by atoms with van der Waals surface area (Å²) < 4.78 is 0. The van der Waals surface area contributed by atoms with Crippen LogP contribution in [0.25, 0.3) is 0 Å².